The van der Waals surface area contributed by atoms with E-state index >= 15 is 0 Å². The molecule has 4 heterocycles. The molecule has 0 saturated carbocycles. The molecule has 3 aromatic rings. The maximum atomic E-state index is 6.12. The summed E-state index contributed by atoms with van der Waals surface area (Å²) < 4.78 is 6.12. The fraction of sp³-hybridized carbons (Fsp3) is 0.389. The molecule has 124 valence electrons. The number of anilines is 1. The quantitative estimate of drug-likeness (QED) is 0.726. The molecule has 1 aliphatic rings. The third kappa shape index (κ3) is 3.25. The minimum atomic E-state index is 0.226. The Balaban J connectivity index is 1.48. The van der Waals surface area contributed by atoms with E-state index in [9.17, 15) is 0 Å². The number of fused-ring (bicyclic) bond motifs is 1. The van der Waals surface area contributed by atoms with Gasteiger partial charge in [0, 0.05) is 30.4 Å². The number of piperidine rings is 1. The standard InChI is InChI=1S/C18H20N4OS/c1-13-8-16-17(20-12-21-18(16)24-13)22-7-3-5-15(10-22)23-11-14-4-2-6-19-9-14/h2,4,6,8-9,12,15H,3,5,7,10-11H2,1H3. The molecule has 3 aromatic heterocycles. The smallest absolute Gasteiger partial charge is 0.140 e. The maximum Gasteiger partial charge on any atom is 0.140 e. The Morgan fingerprint density at radius 2 is 2.33 bits per heavy atom. The summed E-state index contributed by atoms with van der Waals surface area (Å²) >= 11 is 1.72. The number of nitrogens with zero attached hydrogens (tertiary/aromatic N) is 4. The van der Waals surface area contributed by atoms with Gasteiger partial charge in [0.05, 0.1) is 18.1 Å². The topological polar surface area (TPSA) is 51.1 Å². The largest absolute Gasteiger partial charge is 0.372 e. The van der Waals surface area contributed by atoms with E-state index in [-0.39, 0.29) is 6.10 Å². The number of thiophene rings is 1. The number of aryl methyl sites for hydroxylation is 1. The highest BCUT2D eigenvalue weighted by Crippen LogP contribution is 2.31. The summed E-state index contributed by atoms with van der Waals surface area (Å²) in [6, 6.07) is 6.19. The molecule has 0 spiro atoms. The normalized spacial score (nSPS) is 18.2. The first kappa shape index (κ1) is 15.5. The van der Waals surface area contributed by atoms with E-state index in [0.29, 0.717) is 6.61 Å². The Hall–Kier alpha value is -2.05. The van der Waals surface area contributed by atoms with Crippen LogP contribution in [0.1, 0.15) is 23.3 Å². The van der Waals surface area contributed by atoms with Crippen molar-refractivity contribution < 1.29 is 4.74 Å². The molecule has 5 nitrogen and oxygen atoms in total. The van der Waals surface area contributed by atoms with Gasteiger partial charge in [-0.15, -0.1) is 11.3 Å². The minimum absolute atomic E-state index is 0.226. The predicted molar refractivity (Wildman–Crippen MR) is 96.4 cm³/mol. The van der Waals surface area contributed by atoms with Crippen molar-refractivity contribution in [1.29, 1.82) is 0 Å². The van der Waals surface area contributed by atoms with E-state index in [1.54, 1.807) is 23.9 Å². The van der Waals surface area contributed by atoms with E-state index in [1.807, 2.05) is 12.3 Å². The average Bonchev–Trinajstić information content (AvgIpc) is 3.01. The number of ether oxygens (including phenoxy) is 1. The highest BCUT2D eigenvalue weighted by atomic mass is 32.1. The fourth-order valence-corrected chi connectivity index (χ4v) is 4.02. The van der Waals surface area contributed by atoms with Crippen molar-refractivity contribution in [2.24, 2.45) is 0 Å². The molecule has 0 amide bonds. The van der Waals surface area contributed by atoms with Gasteiger partial charge in [0.2, 0.25) is 0 Å². The van der Waals surface area contributed by atoms with Gasteiger partial charge in [0.25, 0.3) is 0 Å². The molecule has 4 rings (SSSR count). The van der Waals surface area contributed by atoms with Crippen LogP contribution < -0.4 is 4.90 Å². The molecular formula is C18H20N4OS. The Labute approximate surface area is 145 Å². The van der Waals surface area contributed by atoms with Gasteiger partial charge in [-0.05, 0) is 37.5 Å². The first-order chi connectivity index (χ1) is 11.8. The lowest BCUT2D eigenvalue weighted by Crippen LogP contribution is -2.40. The van der Waals surface area contributed by atoms with Crippen LogP contribution in [0.5, 0.6) is 0 Å². The van der Waals surface area contributed by atoms with Crippen LogP contribution >= 0.6 is 11.3 Å². The van der Waals surface area contributed by atoms with Crippen LogP contribution in [0.2, 0.25) is 0 Å². The predicted octanol–water partition coefficient (Wildman–Crippen LogP) is 3.58. The van der Waals surface area contributed by atoms with Crippen molar-refractivity contribution in [2.75, 3.05) is 18.0 Å². The molecular weight excluding hydrogens is 320 g/mol. The van der Waals surface area contributed by atoms with Gasteiger partial charge in [-0.1, -0.05) is 6.07 Å². The Morgan fingerprint density at radius 1 is 1.38 bits per heavy atom. The van der Waals surface area contributed by atoms with Crippen LogP contribution in [0.3, 0.4) is 0 Å². The van der Waals surface area contributed by atoms with E-state index < -0.39 is 0 Å². The Kier molecular flexibility index (Phi) is 4.40. The third-order valence-electron chi connectivity index (χ3n) is 4.32. The van der Waals surface area contributed by atoms with Crippen LogP contribution in [0, 0.1) is 6.92 Å². The van der Waals surface area contributed by atoms with Gasteiger partial charge in [0.1, 0.15) is 17.0 Å². The summed E-state index contributed by atoms with van der Waals surface area (Å²) in [6.07, 6.45) is 7.76. The van der Waals surface area contributed by atoms with E-state index in [1.165, 1.54) is 4.88 Å². The second-order valence-corrected chi connectivity index (χ2v) is 7.39. The Bertz CT molecular complexity index is 820. The van der Waals surface area contributed by atoms with Gasteiger partial charge < -0.3 is 9.64 Å². The van der Waals surface area contributed by atoms with Gasteiger partial charge in [-0.2, -0.15) is 0 Å². The molecule has 0 radical (unpaired) electrons. The molecule has 24 heavy (non-hydrogen) atoms. The lowest BCUT2D eigenvalue weighted by atomic mass is 10.1. The molecule has 1 unspecified atom stereocenters. The zero-order valence-electron chi connectivity index (χ0n) is 13.7. The van der Waals surface area contributed by atoms with E-state index in [0.717, 1.165) is 47.5 Å². The van der Waals surface area contributed by atoms with Crippen LogP contribution in [0.15, 0.2) is 36.9 Å². The van der Waals surface area contributed by atoms with Crippen molar-refractivity contribution in [1.82, 2.24) is 15.0 Å². The number of aromatic nitrogens is 3. The Morgan fingerprint density at radius 3 is 3.21 bits per heavy atom. The van der Waals surface area contributed by atoms with E-state index in [4.69, 9.17) is 4.74 Å². The summed E-state index contributed by atoms with van der Waals surface area (Å²) in [5, 5.41) is 1.16. The molecule has 0 aromatic carbocycles. The molecule has 0 bridgehead atoms. The van der Waals surface area contributed by atoms with Gasteiger partial charge in [0.15, 0.2) is 0 Å². The van der Waals surface area contributed by atoms with Gasteiger partial charge >= 0.3 is 0 Å². The summed E-state index contributed by atoms with van der Waals surface area (Å²) in [6.45, 7) is 4.63. The molecule has 0 aliphatic carbocycles. The molecule has 1 aliphatic heterocycles. The minimum Gasteiger partial charge on any atom is -0.372 e. The first-order valence-electron chi connectivity index (χ1n) is 8.26. The van der Waals surface area contributed by atoms with Gasteiger partial charge in [-0.25, -0.2) is 9.97 Å². The molecule has 1 fully saturated rings. The average molecular weight is 340 g/mol. The van der Waals surface area contributed by atoms with Crippen molar-refractivity contribution in [3.8, 4) is 0 Å². The van der Waals surface area contributed by atoms with Crippen LogP contribution in [0.4, 0.5) is 5.82 Å². The summed E-state index contributed by atoms with van der Waals surface area (Å²) in [4.78, 5) is 17.8. The molecule has 1 atom stereocenters. The van der Waals surface area contributed by atoms with Crippen molar-refractivity contribution in [3.05, 3.63) is 47.4 Å². The maximum absolute atomic E-state index is 6.12. The van der Waals surface area contributed by atoms with E-state index in [2.05, 4.69) is 38.9 Å². The second kappa shape index (κ2) is 6.83. The lowest BCUT2D eigenvalue weighted by Gasteiger charge is -2.33. The number of pyridine rings is 1. The summed E-state index contributed by atoms with van der Waals surface area (Å²) in [5.41, 5.74) is 1.12. The number of hydrogen-bond donors (Lipinski definition) is 0. The highest BCUT2D eigenvalue weighted by molar-refractivity contribution is 7.18. The van der Waals surface area contributed by atoms with Crippen molar-refractivity contribution in [3.63, 3.8) is 0 Å². The van der Waals surface area contributed by atoms with Crippen molar-refractivity contribution in [2.45, 2.75) is 32.5 Å². The number of hydrogen-bond acceptors (Lipinski definition) is 6. The van der Waals surface area contributed by atoms with Crippen LogP contribution in [-0.4, -0.2) is 34.1 Å². The van der Waals surface area contributed by atoms with Crippen LogP contribution in [0.25, 0.3) is 10.2 Å². The lowest BCUT2D eigenvalue weighted by molar-refractivity contribution is 0.0313. The van der Waals surface area contributed by atoms with Crippen LogP contribution in [-0.2, 0) is 11.3 Å². The van der Waals surface area contributed by atoms with Gasteiger partial charge in [-0.3, -0.25) is 4.98 Å². The fourth-order valence-electron chi connectivity index (χ4n) is 3.18. The number of rotatable bonds is 4. The zero-order chi connectivity index (χ0) is 16.4. The SMILES string of the molecule is Cc1cc2c(N3CCCC(OCc4cccnc4)C3)ncnc2s1. The second-order valence-electron chi connectivity index (χ2n) is 6.16. The first-order valence-corrected chi connectivity index (χ1v) is 9.08. The molecule has 6 heteroatoms. The zero-order valence-corrected chi connectivity index (χ0v) is 14.5. The summed E-state index contributed by atoms with van der Waals surface area (Å²) in [5.74, 6) is 1.04. The van der Waals surface area contributed by atoms with Crippen molar-refractivity contribution >= 4 is 27.4 Å². The highest BCUT2D eigenvalue weighted by Gasteiger charge is 2.23. The third-order valence-corrected chi connectivity index (χ3v) is 5.28. The monoisotopic (exact) mass is 340 g/mol. The molecule has 1 saturated heterocycles. The summed E-state index contributed by atoms with van der Waals surface area (Å²) in [7, 11) is 0. The molecule has 0 N–H and O–H groups in total.